The number of aromatic nitrogens is 1. The van der Waals surface area contributed by atoms with Crippen molar-refractivity contribution in [1.82, 2.24) is 4.98 Å². The smallest absolute Gasteiger partial charge is 0.205 e. The van der Waals surface area contributed by atoms with Gasteiger partial charge in [-0.25, -0.2) is 4.98 Å². The van der Waals surface area contributed by atoms with Gasteiger partial charge < -0.3 is 10.2 Å². The van der Waals surface area contributed by atoms with E-state index in [0.717, 1.165) is 34.7 Å². The maximum atomic E-state index is 5.97. The number of anilines is 1. The summed E-state index contributed by atoms with van der Waals surface area (Å²) in [7, 11) is 0. The first-order chi connectivity index (χ1) is 10.0. The van der Waals surface area contributed by atoms with E-state index in [0.29, 0.717) is 0 Å². The molecule has 3 aromatic rings. The Morgan fingerprint density at radius 3 is 2.48 bits per heavy atom. The largest absolute Gasteiger partial charge is 0.440 e. The molecule has 0 saturated carbocycles. The molecule has 0 saturated heterocycles. The molecule has 0 amide bonds. The van der Waals surface area contributed by atoms with Crippen LogP contribution in [0.5, 0.6) is 0 Å². The lowest BCUT2D eigenvalue weighted by atomic mass is 9.84. The molecule has 0 unspecified atom stereocenters. The van der Waals surface area contributed by atoms with Crippen molar-refractivity contribution in [2.24, 2.45) is 0 Å². The standard InChI is InChI=1S/C18H20N2O/c1-4-12-5-10-16-15(11-12)20-17(21-16)18(2,3)13-6-8-14(19)9-7-13/h5-11H,4,19H2,1-3H3. The fourth-order valence-electron chi connectivity index (χ4n) is 2.48. The maximum Gasteiger partial charge on any atom is 0.205 e. The third-order valence-corrected chi connectivity index (χ3v) is 4.03. The predicted molar refractivity (Wildman–Crippen MR) is 86.4 cm³/mol. The minimum Gasteiger partial charge on any atom is -0.440 e. The molecule has 108 valence electrons. The number of nitrogen functional groups attached to an aromatic ring is 1. The van der Waals surface area contributed by atoms with Gasteiger partial charge in [0, 0.05) is 5.69 Å². The monoisotopic (exact) mass is 280 g/mol. The Bertz CT molecular complexity index is 770. The van der Waals surface area contributed by atoms with E-state index in [1.165, 1.54) is 5.56 Å². The molecule has 0 bridgehead atoms. The lowest BCUT2D eigenvalue weighted by Crippen LogP contribution is -2.19. The van der Waals surface area contributed by atoms with Gasteiger partial charge in [-0.2, -0.15) is 0 Å². The Morgan fingerprint density at radius 2 is 1.81 bits per heavy atom. The van der Waals surface area contributed by atoms with Crippen LogP contribution in [0.2, 0.25) is 0 Å². The van der Waals surface area contributed by atoms with Gasteiger partial charge in [0.25, 0.3) is 0 Å². The van der Waals surface area contributed by atoms with Crippen molar-refractivity contribution in [3.8, 4) is 0 Å². The molecule has 0 aliphatic carbocycles. The summed E-state index contributed by atoms with van der Waals surface area (Å²) in [4.78, 5) is 4.69. The van der Waals surface area contributed by atoms with E-state index < -0.39 is 0 Å². The molecule has 0 atom stereocenters. The van der Waals surface area contributed by atoms with Crippen LogP contribution in [0.15, 0.2) is 46.9 Å². The number of rotatable bonds is 3. The molecule has 3 nitrogen and oxygen atoms in total. The van der Waals surface area contributed by atoms with Crippen molar-refractivity contribution in [2.75, 3.05) is 5.73 Å². The Kier molecular flexibility index (Phi) is 3.20. The molecule has 3 rings (SSSR count). The Morgan fingerprint density at radius 1 is 1.10 bits per heavy atom. The predicted octanol–water partition coefficient (Wildman–Crippen LogP) is 4.30. The van der Waals surface area contributed by atoms with E-state index >= 15 is 0 Å². The SMILES string of the molecule is CCc1ccc2oc(C(C)(C)c3ccc(N)cc3)nc2c1. The molecule has 2 aromatic carbocycles. The van der Waals surface area contributed by atoms with E-state index in [1.807, 2.05) is 30.3 Å². The van der Waals surface area contributed by atoms with Gasteiger partial charge in [-0.15, -0.1) is 0 Å². The molecule has 21 heavy (non-hydrogen) atoms. The number of nitrogens with two attached hydrogens (primary N) is 1. The van der Waals surface area contributed by atoms with Gasteiger partial charge in [-0.3, -0.25) is 0 Å². The summed E-state index contributed by atoms with van der Waals surface area (Å²) in [5, 5.41) is 0. The fourth-order valence-corrected chi connectivity index (χ4v) is 2.48. The molecule has 0 aliphatic heterocycles. The van der Waals surface area contributed by atoms with Gasteiger partial charge in [-0.1, -0.05) is 25.1 Å². The van der Waals surface area contributed by atoms with Gasteiger partial charge >= 0.3 is 0 Å². The zero-order valence-corrected chi connectivity index (χ0v) is 12.7. The van der Waals surface area contributed by atoms with Crippen LogP contribution in [0.1, 0.15) is 37.8 Å². The average Bonchev–Trinajstić information content (AvgIpc) is 2.91. The number of hydrogen-bond donors (Lipinski definition) is 1. The number of aryl methyl sites for hydroxylation is 1. The lowest BCUT2D eigenvalue weighted by molar-refractivity contribution is 0.433. The summed E-state index contributed by atoms with van der Waals surface area (Å²) in [6, 6.07) is 14.1. The first-order valence-corrected chi connectivity index (χ1v) is 7.26. The van der Waals surface area contributed by atoms with Crippen molar-refractivity contribution in [3.05, 3.63) is 59.5 Å². The van der Waals surface area contributed by atoms with Crippen LogP contribution in [0, 0.1) is 0 Å². The average molecular weight is 280 g/mol. The Balaban J connectivity index is 2.07. The van der Waals surface area contributed by atoms with Gasteiger partial charge in [0.15, 0.2) is 5.58 Å². The minimum absolute atomic E-state index is 0.293. The third-order valence-electron chi connectivity index (χ3n) is 4.03. The van der Waals surface area contributed by atoms with Crippen molar-refractivity contribution in [1.29, 1.82) is 0 Å². The number of nitrogens with zero attached hydrogens (tertiary/aromatic N) is 1. The number of hydrogen-bond acceptors (Lipinski definition) is 3. The summed E-state index contributed by atoms with van der Waals surface area (Å²) in [5.74, 6) is 0.732. The summed E-state index contributed by atoms with van der Waals surface area (Å²) < 4.78 is 5.97. The van der Waals surface area contributed by atoms with Gasteiger partial charge in [0.1, 0.15) is 5.52 Å². The second-order valence-electron chi connectivity index (χ2n) is 5.92. The van der Waals surface area contributed by atoms with E-state index in [4.69, 9.17) is 15.1 Å². The highest BCUT2D eigenvalue weighted by Crippen LogP contribution is 2.33. The van der Waals surface area contributed by atoms with Gasteiger partial charge in [0.2, 0.25) is 5.89 Å². The van der Waals surface area contributed by atoms with E-state index in [-0.39, 0.29) is 5.41 Å². The highest BCUT2D eigenvalue weighted by molar-refractivity contribution is 5.73. The van der Waals surface area contributed by atoms with Crippen molar-refractivity contribution in [3.63, 3.8) is 0 Å². The topological polar surface area (TPSA) is 52.0 Å². The van der Waals surface area contributed by atoms with Crippen LogP contribution in [0.25, 0.3) is 11.1 Å². The highest BCUT2D eigenvalue weighted by atomic mass is 16.3. The molecule has 0 fully saturated rings. The minimum atomic E-state index is -0.293. The molecule has 0 spiro atoms. The van der Waals surface area contributed by atoms with Crippen LogP contribution < -0.4 is 5.73 Å². The van der Waals surface area contributed by atoms with Crippen LogP contribution >= 0.6 is 0 Å². The van der Waals surface area contributed by atoms with Crippen LogP contribution in [-0.2, 0) is 11.8 Å². The third kappa shape index (κ3) is 2.40. The highest BCUT2D eigenvalue weighted by Gasteiger charge is 2.29. The summed E-state index contributed by atoms with van der Waals surface area (Å²) in [6.07, 6.45) is 0.999. The molecule has 1 aromatic heterocycles. The lowest BCUT2D eigenvalue weighted by Gasteiger charge is -2.21. The van der Waals surface area contributed by atoms with E-state index in [1.54, 1.807) is 0 Å². The zero-order chi connectivity index (χ0) is 15.0. The first kappa shape index (κ1) is 13.7. The van der Waals surface area contributed by atoms with Gasteiger partial charge in [-0.05, 0) is 55.7 Å². The van der Waals surface area contributed by atoms with E-state index in [2.05, 4.69) is 32.9 Å². The summed E-state index contributed by atoms with van der Waals surface area (Å²) in [5.41, 5.74) is 10.4. The number of benzene rings is 2. The molecular formula is C18H20N2O. The second-order valence-corrected chi connectivity index (χ2v) is 5.92. The zero-order valence-electron chi connectivity index (χ0n) is 12.7. The van der Waals surface area contributed by atoms with Crippen molar-refractivity contribution >= 4 is 16.8 Å². The number of oxazole rings is 1. The molecule has 3 heteroatoms. The van der Waals surface area contributed by atoms with Gasteiger partial charge in [0.05, 0.1) is 5.41 Å². The summed E-state index contributed by atoms with van der Waals surface area (Å²) in [6.45, 7) is 6.37. The molecule has 0 aliphatic rings. The molecule has 2 N–H and O–H groups in total. The van der Waals surface area contributed by atoms with E-state index in [9.17, 15) is 0 Å². The molecule has 0 radical (unpaired) electrons. The normalized spacial score (nSPS) is 12.0. The second kappa shape index (κ2) is 4.92. The quantitative estimate of drug-likeness (QED) is 0.728. The Labute approximate surface area is 124 Å². The van der Waals surface area contributed by atoms with Crippen LogP contribution in [0.4, 0.5) is 5.69 Å². The van der Waals surface area contributed by atoms with Crippen molar-refractivity contribution in [2.45, 2.75) is 32.6 Å². The van der Waals surface area contributed by atoms with Crippen LogP contribution in [0.3, 0.4) is 0 Å². The fraction of sp³-hybridized carbons (Fsp3) is 0.278. The first-order valence-electron chi connectivity index (χ1n) is 7.26. The molecular weight excluding hydrogens is 260 g/mol. The van der Waals surface area contributed by atoms with Crippen LogP contribution in [-0.4, -0.2) is 4.98 Å². The van der Waals surface area contributed by atoms with Crippen molar-refractivity contribution < 1.29 is 4.42 Å². The molecule has 1 heterocycles. The summed E-state index contributed by atoms with van der Waals surface area (Å²) >= 11 is 0. The maximum absolute atomic E-state index is 5.97. The Hall–Kier alpha value is -2.29. The number of fused-ring (bicyclic) bond motifs is 1.